The van der Waals surface area contributed by atoms with E-state index in [1.165, 1.54) is 30.5 Å². The molecular formula is C21H25Cl3N2O2. The summed E-state index contributed by atoms with van der Waals surface area (Å²) in [6.45, 7) is 4.33. The highest BCUT2D eigenvalue weighted by Gasteiger charge is 2.64. The molecule has 5 rings (SSSR count). The van der Waals surface area contributed by atoms with Gasteiger partial charge in [0.15, 0.2) is 0 Å². The number of hydrogen-bond acceptors (Lipinski definition) is 3. The van der Waals surface area contributed by atoms with Crippen LogP contribution in [0.15, 0.2) is 47.2 Å². The van der Waals surface area contributed by atoms with Gasteiger partial charge in [-0.25, -0.2) is 4.79 Å². The third-order valence-corrected chi connectivity index (χ3v) is 6.79. The Morgan fingerprint density at radius 1 is 1.39 bits per heavy atom. The first-order chi connectivity index (χ1) is 13.1. The highest BCUT2D eigenvalue weighted by atomic mass is 35.5. The van der Waals surface area contributed by atoms with Crippen molar-refractivity contribution in [2.45, 2.75) is 31.2 Å². The molecule has 28 heavy (non-hydrogen) atoms. The van der Waals surface area contributed by atoms with Gasteiger partial charge in [0.25, 0.3) is 0 Å². The quantitative estimate of drug-likeness (QED) is 0.360. The number of para-hydroxylation sites is 1. The Hall–Kier alpha value is -1.20. The van der Waals surface area contributed by atoms with Crippen LogP contribution < -0.4 is 22.6 Å². The molecule has 1 aromatic rings. The number of methoxy groups -OCH3 is 1. The van der Waals surface area contributed by atoms with Crippen molar-refractivity contribution < 1.29 is 26.8 Å². The van der Waals surface area contributed by atoms with Gasteiger partial charge in [0.05, 0.1) is 36.5 Å². The number of carbonyl (C=O) groups excluding carboxylic acids is 1. The average molecular weight is 444 g/mol. The lowest BCUT2D eigenvalue weighted by Crippen LogP contribution is -3.16. The third kappa shape index (κ3) is 2.88. The number of piperidine rings is 1. The lowest BCUT2D eigenvalue weighted by Gasteiger charge is -2.45. The van der Waals surface area contributed by atoms with E-state index in [0.717, 1.165) is 30.7 Å². The van der Waals surface area contributed by atoms with Crippen molar-refractivity contribution in [1.82, 2.24) is 0 Å². The van der Waals surface area contributed by atoms with Crippen molar-refractivity contribution in [1.29, 1.82) is 0 Å². The summed E-state index contributed by atoms with van der Waals surface area (Å²) in [5.74, 6) is 0.0436. The molecule has 1 spiro atoms. The zero-order chi connectivity index (χ0) is 19.2. The number of anilines is 1. The largest absolute Gasteiger partial charge is 1.00 e. The fourth-order valence-corrected chi connectivity index (χ4v) is 5.83. The van der Waals surface area contributed by atoms with Crippen LogP contribution in [0.1, 0.15) is 25.3 Å². The molecule has 0 aromatic heterocycles. The zero-order valence-electron chi connectivity index (χ0n) is 16.0. The van der Waals surface area contributed by atoms with E-state index in [1.54, 1.807) is 4.90 Å². The SMILES string of the molecule is C/C=C1/C[NH+]2CC[C@@]34C(=C(C(=O)OC)[C@@H]1C[C@@H]23)Nc1ccccc14.ClCCl.[Cl-]. The molecule has 4 nitrogen and oxygen atoms in total. The molecule has 1 aromatic carbocycles. The molecule has 2 bridgehead atoms. The molecule has 1 aliphatic carbocycles. The number of nitrogens with one attached hydrogen (secondary N) is 2. The fourth-order valence-electron chi connectivity index (χ4n) is 5.83. The second-order valence-corrected chi connectivity index (χ2v) is 8.37. The summed E-state index contributed by atoms with van der Waals surface area (Å²) < 4.78 is 5.21. The van der Waals surface area contributed by atoms with Crippen molar-refractivity contribution in [3.05, 3.63) is 52.7 Å². The molecule has 1 unspecified atom stereocenters. The van der Waals surface area contributed by atoms with Crippen LogP contribution in [0.5, 0.6) is 0 Å². The summed E-state index contributed by atoms with van der Waals surface area (Å²) in [6.07, 6.45) is 4.38. The van der Waals surface area contributed by atoms with Gasteiger partial charge in [0.1, 0.15) is 6.04 Å². The molecule has 2 N–H and O–H groups in total. The maximum atomic E-state index is 12.7. The summed E-state index contributed by atoms with van der Waals surface area (Å²) in [6, 6.07) is 9.15. The number of allylic oxidation sites excluding steroid dienone is 1. The number of ether oxygens (including phenoxy) is 1. The second kappa shape index (κ2) is 8.27. The molecule has 3 aliphatic heterocycles. The van der Waals surface area contributed by atoms with Crippen molar-refractivity contribution in [2.24, 2.45) is 5.92 Å². The van der Waals surface area contributed by atoms with Crippen LogP contribution >= 0.6 is 23.2 Å². The number of esters is 1. The van der Waals surface area contributed by atoms with Crippen LogP contribution in [-0.2, 0) is 14.9 Å². The molecular weight excluding hydrogens is 419 g/mol. The molecule has 2 saturated heterocycles. The Balaban J connectivity index is 0.000000531. The van der Waals surface area contributed by atoms with Crippen LogP contribution in [0.2, 0.25) is 0 Å². The normalized spacial score (nSPS) is 32.4. The number of quaternary nitrogens is 1. The van der Waals surface area contributed by atoms with Gasteiger partial charge >= 0.3 is 5.97 Å². The summed E-state index contributed by atoms with van der Waals surface area (Å²) in [4.78, 5) is 14.4. The highest BCUT2D eigenvalue weighted by molar-refractivity contribution is 6.40. The maximum Gasteiger partial charge on any atom is 0.336 e. The molecule has 2 fully saturated rings. The van der Waals surface area contributed by atoms with Gasteiger partial charge in [-0.05, 0) is 24.1 Å². The average Bonchev–Trinajstić information content (AvgIpc) is 3.24. The Morgan fingerprint density at radius 3 is 2.79 bits per heavy atom. The monoisotopic (exact) mass is 442 g/mol. The minimum absolute atomic E-state index is 0. The molecule has 0 amide bonds. The number of rotatable bonds is 1. The van der Waals surface area contributed by atoms with Gasteiger partial charge in [-0.1, -0.05) is 24.3 Å². The molecule has 3 heterocycles. The van der Waals surface area contributed by atoms with Gasteiger partial charge in [0.2, 0.25) is 0 Å². The van der Waals surface area contributed by atoms with E-state index in [2.05, 4.69) is 42.6 Å². The van der Waals surface area contributed by atoms with Crippen LogP contribution in [0.4, 0.5) is 5.69 Å². The molecule has 4 atom stereocenters. The topological polar surface area (TPSA) is 42.8 Å². The molecule has 4 aliphatic rings. The van der Waals surface area contributed by atoms with Crippen LogP contribution in [-0.4, -0.2) is 37.5 Å². The van der Waals surface area contributed by atoms with E-state index in [4.69, 9.17) is 27.9 Å². The predicted molar refractivity (Wildman–Crippen MR) is 108 cm³/mol. The number of carbonyl (C=O) groups is 1. The van der Waals surface area contributed by atoms with E-state index in [9.17, 15) is 4.79 Å². The van der Waals surface area contributed by atoms with E-state index in [1.807, 2.05) is 0 Å². The Kier molecular flexibility index (Phi) is 6.35. The first-order valence-electron chi connectivity index (χ1n) is 9.43. The summed E-state index contributed by atoms with van der Waals surface area (Å²) in [5.41, 5.74) is 5.92. The lowest BCUT2D eigenvalue weighted by molar-refractivity contribution is -0.914. The minimum Gasteiger partial charge on any atom is -1.00 e. The Bertz CT molecular complexity index is 839. The maximum absolute atomic E-state index is 12.7. The number of fused-ring (bicyclic) bond motifs is 2. The van der Waals surface area contributed by atoms with Gasteiger partial charge in [0, 0.05) is 30.1 Å². The Morgan fingerprint density at radius 2 is 2.11 bits per heavy atom. The first kappa shape index (κ1) is 21.5. The van der Waals surface area contributed by atoms with Crippen LogP contribution in [0.25, 0.3) is 0 Å². The van der Waals surface area contributed by atoms with Crippen LogP contribution in [0, 0.1) is 5.92 Å². The number of alkyl halides is 2. The third-order valence-electron chi connectivity index (χ3n) is 6.79. The fraction of sp³-hybridized carbons (Fsp3) is 0.476. The lowest BCUT2D eigenvalue weighted by atomic mass is 9.62. The van der Waals surface area contributed by atoms with Gasteiger partial charge < -0.3 is 27.4 Å². The van der Waals surface area contributed by atoms with E-state index in [-0.39, 0.29) is 35.0 Å². The number of benzene rings is 1. The predicted octanol–water partition coefficient (Wildman–Crippen LogP) is -0.160. The van der Waals surface area contributed by atoms with Crippen LogP contribution in [0.3, 0.4) is 0 Å². The molecule has 0 saturated carbocycles. The van der Waals surface area contributed by atoms with Gasteiger partial charge in [-0.15, -0.1) is 23.2 Å². The molecule has 7 heteroatoms. The van der Waals surface area contributed by atoms with Crippen molar-refractivity contribution in [3.8, 4) is 0 Å². The minimum atomic E-state index is -0.164. The molecule has 0 radical (unpaired) electrons. The van der Waals surface area contributed by atoms with Gasteiger partial charge in [-0.3, -0.25) is 0 Å². The van der Waals surface area contributed by atoms with E-state index < -0.39 is 0 Å². The smallest absolute Gasteiger partial charge is 0.336 e. The standard InChI is InChI=1S/C20H22N2O2.CH2Cl2.ClH/c1-3-12-11-22-9-8-20-14-6-4-5-7-15(14)21-18(20)17(19(23)24-2)13(12)10-16(20)22;2-1-3;/h3-7,13,16,21H,8-11H2,1-2H3;1H2;1H/b12-3-;;/t13-,16-,20+;;/m1../s1. The Labute approximate surface area is 182 Å². The van der Waals surface area contributed by atoms with E-state index >= 15 is 0 Å². The summed E-state index contributed by atoms with van der Waals surface area (Å²) in [7, 11) is 1.50. The summed E-state index contributed by atoms with van der Waals surface area (Å²) in [5, 5.41) is 3.83. The van der Waals surface area contributed by atoms with Gasteiger partial charge in [-0.2, -0.15) is 0 Å². The summed E-state index contributed by atoms with van der Waals surface area (Å²) >= 11 is 9.53. The van der Waals surface area contributed by atoms with Crippen molar-refractivity contribution >= 4 is 34.9 Å². The number of hydrogen-bond donors (Lipinski definition) is 2. The van der Waals surface area contributed by atoms with Crippen molar-refractivity contribution in [3.63, 3.8) is 0 Å². The highest BCUT2D eigenvalue weighted by Crippen LogP contribution is 2.56. The second-order valence-electron chi connectivity index (χ2n) is 7.56. The zero-order valence-corrected chi connectivity index (χ0v) is 18.3. The molecule has 152 valence electrons. The van der Waals surface area contributed by atoms with Crippen molar-refractivity contribution in [2.75, 3.05) is 30.9 Å². The number of halogens is 3. The van der Waals surface area contributed by atoms with E-state index in [0.29, 0.717) is 6.04 Å². The first-order valence-corrected chi connectivity index (χ1v) is 10.5.